The number of rotatable bonds is 3. The van der Waals surface area contributed by atoms with E-state index in [0.29, 0.717) is 0 Å². The van der Waals surface area contributed by atoms with Gasteiger partial charge in [0.05, 0.1) is 12.1 Å². The Kier molecular flexibility index (Phi) is 4.99. The monoisotopic (exact) mass is 253 g/mol. The molecule has 7 atom stereocenters. The summed E-state index contributed by atoms with van der Waals surface area (Å²) >= 11 is 1.21. The SMILES string of the molecule is CS[C@H]1O[C@H]([C@H](N)[C@H](C)O)[C@H](O)[C@H](O)[C@H]1O. The Morgan fingerprint density at radius 3 is 2.19 bits per heavy atom. The summed E-state index contributed by atoms with van der Waals surface area (Å²) in [4.78, 5) is 0. The van der Waals surface area contributed by atoms with Crippen LogP contribution in [0, 0.1) is 0 Å². The molecule has 1 rings (SSSR count). The average Bonchev–Trinajstić information content (AvgIpc) is 2.25. The number of thioether (sulfide) groups is 1. The summed E-state index contributed by atoms with van der Waals surface area (Å²) < 4.78 is 5.37. The van der Waals surface area contributed by atoms with Crippen molar-refractivity contribution < 1.29 is 25.2 Å². The molecule has 0 aliphatic carbocycles. The van der Waals surface area contributed by atoms with E-state index in [4.69, 9.17) is 10.5 Å². The Labute approximate surface area is 98.4 Å². The maximum Gasteiger partial charge on any atom is 0.132 e. The maximum atomic E-state index is 9.71. The van der Waals surface area contributed by atoms with Crippen LogP contribution >= 0.6 is 11.8 Å². The van der Waals surface area contributed by atoms with Gasteiger partial charge in [0.1, 0.15) is 29.9 Å². The van der Waals surface area contributed by atoms with Crippen molar-refractivity contribution in [2.45, 2.75) is 48.9 Å². The van der Waals surface area contributed by atoms with Gasteiger partial charge in [0, 0.05) is 0 Å². The molecule has 0 amide bonds. The third-order valence-corrected chi connectivity index (χ3v) is 3.63. The first kappa shape index (κ1) is 14.2. The minimum Gasteiger partial charge on any atom is -0.392 e. The molecule has 0 aromatic rings. The van der Waals surface area contributed by atoms with E-state index in [1.54, 1.807) is 6.26 Å². The van der Waals surface area contributed by atoms with Crippen LogP contribution in [0.1, 0.15) is 6.92 Å². The normalized spacial score (nSPS) is 44.1. The van der Waals surface area contributed by atoms with Crippen LogP contribution in [0.3, 0.4) is 0 Å². The van der Waals surface area contributed by atoms with Crippen LogP contribution in [0.25, 0.3) is 0 Å². The van der Waals surface area contributed by atoms with Gasteiger partial charge in [-0.2, -0.15) is 0 Å². The minimum atomic E-state index is -1.32. The van der Waals surface area contributed by atoms with E-state index >= 15 is 0 Å². The van der Waals surface area contributed by atoms with Gasteiger partial charge in [-0.3, -0.25) is 0 Å². The molecule has 0 spiro atoms. The molecule has 1 aliphatic heterocycles. The Balaban J connectivity index is 2.78. The first-order valence-corrected chi connectivity index (χ1v) is 6.35. The van der Waals surface area contributed by atoms with Crippen LogP contribution in [0.2, 0.25) is 0 Å². The molecule has 0 bridgehead atoms. The van der Waals surface area contributed by atoms with Crippen molar-refractivity contribution in [1.82, 2.24) is 0 Å². The van der Waals surface area contributed by atoms with E-state index < -0.39 is 42.0 Å². The number of hydrogen-bond donors (Lipinski definition) is 5. The van der Waals surface area contributed by atoms with Crippen LogP contribution in [-0.2, 0) is 4.74 Å². The molecule has 1 saturated heterocycles. The molecule has 7 heteroatoms. The number of ether oxygens (including phenoxy) is 1. The van der Waals surface area contributed by atoms with E-state index in [-0.39, 0.29) is 0 Å². The Morgan fingerprint density at radius 2 is 1.75 bits per heavy atom. The van der Waals surface area contributed by atoms with Crippen molar-refractivity contribution in [2.24, 2.45) is 5.73 Å². The second kappa shape index (κ2) is 5.63. The second-order valence-corrected chi connectivity index (χ2v) is 4.93. The molecule has 0 radical (unpaired) electrons. The van der Waals surface area contributed by atoms with Crippen molar-refractivity contribution in [2.75, 3.05) is 6.26 Å². The van der Waals surface area contributed by atoms with Gasteiger partial charge < -0.3 is 30.9 Å². The van der Waals surface area contributed by atoms with Crippen molar-refractivity contribution >= 4 is 11.8 Å². The predicted octanol–water partition coefficient (Wildman–Crippen LogP) is -2.13. The fourth-order valence-corrected chi connectivity index (χ4v) is 2.34. The highest BCUT2D eigenvalue weighted by Crippen LogP contribution is 2.28. The summed E-state index contributed by atoms with van der Waals surface area (Å²) in [5.41, 5.74) is 5.01. The smallest absolute Gasteiger partial charge is 0.132 e. The predicted molar refractivity (Wildman–Crippen MR) is 59.9 cm³/mol. The van der Waals surface area contributed by atoms with Gasteiger partial charge >= 0.3 is 0 Å². The highest BCUT2D eigenvalue weighted by Gasteiger charge is 2.46. The van der Waals surface area contributed by atoms with Crippen LogP contribution in [-0.4, -0.2) is 68.7 Å². The van der Waals surface area contributed by atoms with Gasteiger partial charge in [0.2, 0.25) is 0 Å². The molecule has 0 aromatic carbocycles. The van der Waals surface area contributed by atoms with Crippen LogP contribution in [0.5, 0.6) is 0 Å². The lowest BCUT2D eigenvalue weighted by Gasteiger charge is -2.42. The summed E-state index contributed by atoms with van der Waals surface area (Å²) in [6.07, 6.45) is -3.84. The van der Waals surface area contributed by atoms with Crippen molar-refractivity contribution in [3.8, 4) is 0 Å². The lowest BCUT2D eigenvalue weighted by molar-refractivity contribution is -0.207. The standard InChI is InChI=1S/C9H19NO5S/c1-3(11)4(10)8-6(13)5(12)7(14)9(15-8)16-2/h3-9,11-14H,10H2,1-2H3/t3-,4+,5-,6+,7+,8+,9+/m0/s1. The first-order valence-electron chi connectivity index (χ1n) is 5.06. The molecule has 0 saturated carbocycles. The zero-order valence-corrected chi connectivity index (χ0v) is 10.0. The zero-order chi connectivity index (χ0) is 12.5. The summed E-state index contributed by atoms with van der Waals surface area (Å²) in [6.45, 7) is 1.48. The Morgan fingerprint density at radius 1 is 1.19 bits per heavy atom. The number of hydrogen-bond acceptors (Lipinski definition) is 7. The van der Waals surface area contributed by atoms with Crippen molar-refractivity contribution in [3.05, 3.63) is 0 Å². The van der Waals surface area contributed by atoms with Gasteiger partial charge in [-0.05, 0) is 13.2 Å². The molecule has 6 nitrogen and oxygen atoms in total. The first-order chi connectivity index (χ1) is 7.40. The highest BCUT2D eigenvalue weighted by molar-refractivity contribution is 7.99. The molecule has 1 heterocycles. The van der Waals surface area contributed by atoms with Gasteiger partial charge in [0.25, 0.3) is 0 Å². The van der Waals surface area contributed by atoms with E-state index in [1.165, 1.54) is 18.7 Å². The lowest BCUT2D eigenvalue weighted by atomic mass is 9.93. The van der Waals surface area contributed by atoms with Gasteiger partial charge in [0.15, 0.2) is 0 Å². The quantitative estimate of drug-likeness (QED) is 0.390. The molecule has 16 heavy (non-hydrogen) atoms. The number of aliphatic hydroxyl groups excluding tert-OH is 4. The fraction of sp³-hybridized carbons (Fsp3) is 1.00. The molecule has 0 unspecified atom stereocenters. The highest BCUT2D eigenvalue weighted by atomic mass is 32.2. The summed E-state index contributed by atoms with van der Waals surface area (Å²) in [5, 5.41) is 38.2. The molecule has 1 fully saturated rings. The van der Waals surface area contributed by atoms with Gasteiger partial charge in [-0.25, -0.2) is 0 Å². The maximum absolute atomic E-state index is 9.71. The summed E-state index contributed by atoms with van der Waals surface area (Å²) in [7, 11) is 0. The Hall–Kier alpha value is 0.110. The van der Waals surface area contributed by atoms with Crippen LogP contribution in [0.15, 0.2) is 0 Å². The Bertz CT molecular complexity index is 228. The number of nitrogens with two attached hydrogens (primary N) is 1. The molecule has 1 aliphatic rings. The van der Waals surface area contributed by atoms with Crippen LogP contribution < -0.4 is 5.73 Å². The molecular formula is C9H19NO5S. The molecule has 6 N–H and O–H groups in total. The zero-order valence-electron chi connectivity index (χ0n) is 9.22. The molecular weight excluding hydrogens is 234 g/mol. The molecule has 96 valence electrons. The van der Waals surface area contributed by atoms with Crippen molar-refractivity contribution in [1.29, 1.82) is 0 Å². The second-order valence-electron chi connectivity index (χ2n) is 3.99. The average molecular weight is 253 g/mol. The summed E-state index contributed by atoms with van der Waals surface area (Å²) in [5.74, 6) is 0. The summed E-state index contributed by atoms with van der Waals surface area (Å²) in [6, 6.07) is -0.813. The largest absolute Gasteiger partial charge is 0.392 e. The van der Waals surface area contributed by atoms with E-state index in [0.717, 1.165) is 0 Å². The fourth-order valence-electron chi connectivity index (χ4n) is 1.66. The lowest BCUT2D eigenvalue weighted by Crippen LogP contribution is -2.63. The minimum absolute atomic E-state index is 0.659. The van der Waals surface area contributed by atoms with E-state index in [2.05, 4.69) is 0 Å². The van der Waals surface area contributed by atoms with E-state index in [1.807, 2.05) is 0 Å². The van der Waals surface area contributed by atoms with Gasteiger partial charge in [-0.1, -0.05) is 0 Å². The van der Waals surface area contributed by atoms with E-state index in [9.17, 15) is 20.4 Å². The third kappa shape index (κ3) is 2.67. The number of aliphatic hydroxyl groups is 4. The topological polar surface area (TPSA) is 116 Å². The third-order valence-electron chi connectivity index (χ3n) is 2.78. The van der Waals surface area contributed by atoms with Crippen LogP contribution in [0.4, 0.5) is 0 Å². The van der Waals surface area contributed by atoms with Gasteiger partial charge in [-0.15, -0.1) is 11.8 Å². The van der Waals surface area contributed by atoms with Crippen molar-refractivity contribution in [3.63, 3.8) is 0 Å². The molecule has 0 aromatic heterocycles.